The predicted molar refractivity (Wildman–Crippen MR) is 78.1 cm³/mol. The van der Waals surface area contributed by atoms with Crippen LogP contribution in [0.1, 0.15) is 5.56 Å². The average molecular weight is 271 g/mol. The molecule has 0 aromatic heterocycles. The van der Waals surface area contributed by atoms with E-state index < -0.39 is 6.09 Å². The first kappa shape index (κ1) is 13.9. The van der Waals surface area contributed by atoms with Crippen molar-refractivity contribution >= 4 is 11.8 Å². The molecule has 0 aliphatic heterocycles. The van der Waals surface area contributed by atoms with E-state index in [0.29, 0.717) is 6.61 Å². The molecule has 0 atom stereocenters. The molecular formula is C16H17NO3. The van der Waals surface area contributed by atoms with Crippen LogP contribution in [0.4, 0.5) is 10.5 Å². The molecule has 0 aliphatic carbocycles. The first-order valence-corrected chi connectivity index (χ1v) is 6.43. The Bertz CT molecular complexity index is 555. The van der Waals surface area contributed by atoms with Gasteiger partial charge in [-0.05, 0) is 30.7 Å². The van der Waals surface area contributed by atoms with Gasteiger partial charge in [-0.2, -0.15) is 0 Å². The Balaban J connectivity index is 1.69. The lowest BCUT2D eigenvalue weighted by atomic mass is 10.2. The number of ether oxygens (including phenoxy) is 2. The highest BCUT2D eigenvalue weighted by atomic mass is 16.6. The third-order valence-corrected chi connectivity index (χ3v) is 2.71. The summed E-state index contributed by atoms with van der Waals surface area (Å²) in [6, 6.07) is 16.9. The van der Waals surface area contributed by atoms with Crippen LogP contribution in [0.3, 0.4) is 0 Å². The minimum Gasteiger partial charge on any atom is -0.490 e. The first-order chi connectivity index (χ1) is 9.75. The summed E-state index contributed by atoms with van der Waals surface area (Å²) in [7, 11) is 0. The maximum absolute atomic E-state index is 11.6. The molecule has 2 aromatic rings. The number of anilines is 1. The third kappa shape index (κ3) is 4.31. The van der Waals surface area contributed by atoms with Crippen molar-refractivity contribution in [2.45, 2.75) is 6.92 Å². The van der Waals surface area contributed by atoms with Crippen LogP contribution in [0.2, 0.25) is 0 Å². The van der Waals surface area contributed by atoms with Gasteiger partial charge in [-0.1, -0.05) is 36.4 Å². The smallest absolute Gasteiger partial charge is 0.411 e. The zero-order valence-electron chi connectivity index (χ0n) is 11.3. The fourth-order valence-corrected chi connectivity index (χ4v) is 1.67. The first-order valence-electron chi connectivity index (χ1n) is 6.43. The molecular weight excluding hydrogens is 254 g/mol. The van der Waals surface area contributed by atoms with E-state index in [1.807, 2.05) is 61.5 Å². The minimum atomic E-state index is -0.476. The van der Waals surface area contributed by atoms with Gasteiger partial charge in [-0.3, -0.25) is 5.32 Å². The van der Waals surface area contributed by atoms with Crippen molar-refractivity contribution in [3.63, 3.8) is 0 Å². The van der Waals surface area contributed by atoms with E-state index in [1.165, 1.54) is 0 Å². The van der Waals surface area contributed by atoms with Crippen molar-refractivity contribution in [1.82, 2.24) is 0 Å². The lowest BCUT2D eigenvalue weighted by Gasteiger charge is -2.09. The normalized spacial score (nSPS) is 9.85. The van der Waals surface area contributed by atoms with Crippen molar-refractivity contribution in [3.8, 4) is 5.75 Å². The topological polar surface area (TPSA) is 47.6 Å². The van der Waals surface area contributed by atoms with Gasteiger partial charge < -0.3 is 9.47 Å². The number of rotatable bonds is 5. The number of amides is 1. The van der Waals surface area contributed by atoms with E-state index >= 15 is 0 Å². The van der Waals surface area contributed by atoms with Crippen LogP contribution in [0, 0.1) is 6.92 Å². The number of carbonyl (C=O) groups is 1. The lowest BCUT2D eigenvalue weighted by molar-refractivity contribution is 0.138. The van der Waals surface area contributed by atoms with Gasteiger partial charge in [0.1, 0.15) is 19.0 Å². The molecule has 104 valence electrons. The van der Waals surface area contributed by atoms with Crippen LogP contribution in [-0.2, 0) is 4.74 Å². The highest BCUT2D eigenvalue weighted by molar-refractivity contribution is 5.85. The van der Waals surface area contributed by atoms with Gasteiger partial charge in [0.15, 0.2) is 0 Å². The molecule has 20 heavy (non-hydrogen) atoms. The number of nitrogens with one attached hydrogen (secondary N) is 1. The summed E-state index contributed by atoms with van der Waals surface area (Å²) >= 11 is 0. The number of carbonyl (C=O) groups excluding carboxylic acids is 1. The monoisotopic (exact) mass is 271 g/mol. The summed E-state index contributed by atoms with van der Waals surface area (Å²) in [6.45, 7) is 2.45. The molecule has 2 rings (SSSR count). The fourth-order valence-electron chi connectivity index (χ4n) is 1.67. The summed E-state index contributed by atoms with van der Waals surface area (Å²) < 4.78 is 10.5. The highest BCUT2D eigenvalue weighted by Crippen LogP contribution is 2.13. The molecule has 0 bridgehead atoms. The number of hydrogen-bond donors (Lipinski definition) is 1. The second kappa shape index (κ2) is 7.19. The van der Waals surface area contributed by atoms with Gasteiger partial charge in [0.25, 0.3) is 0 Å². The summed E-state index contributed by atoms with van der Waals surface area (Å²) in [6.07, 6.45) is -0.476. The molecule has 1 amide bonds. The van der Waals surface area contributed by atoms with Crippen LogP contribution in [0.5, 0.6) is 5.75 Å². The number of aryl methyl sites for hydroxylation is 1. The van der Waals surface area contributed by atoms with E-state index in [2.05, 4.69) is 5.32 Å². The summed E-state index contributed by atoms with van der Waals surface area (Å²) in [5.74, 6) is 0.760. The second-order valence-corrected chi connectivity index (χ2v) is 4.24. The molecule has 0 heterocycles. The molecule has 4 nitrogen and oxygen atoms in total. The van der Waals surface area contributed by atoms with Crippen LogP contribution < -0.4 is 10.1 Å². The quantitative estimate of drug-likeness (QED) is 0.845. The Morgan fingerprint density at radius 1 is 1.00 bits per heavy atom. The van der Waals surface area contributed by atoms with Crippen LogP contribution >= 0.6 is 0 Å². The van der Waals surface area contributed by atoms with Crippen LogP contribution in [0.25, 0.3) is 0 Å². The number of benzene rings is 2. The lowest BCUT2D eigenvalue weighted by Crippen LogP contribution is -2.18. The fraction of sp³-hybridized carbons (Fsp3) is 0.188. The zero-order valence-corrected chi connectivity index (χ0v) is 11.3. The molecule has 4 heteroatoms. The summed E-state index contributed by atoms with van der Waals surface area (Å²) in [5.41, 5.74) is 1.74. The SMILES string of the molecule is Cc1ccccc1NC(=O)OCCOc1ccccc1. The van der Waals surface area contributed by atoms with Crippen molar-refractivity contribution in [3.05, 3.63) is 60.2 Å². The Morgan fingerprint density at radius 2 is 1.70 bits per heavy atom. The minimum absolute atomic E-state index is 0.201. The molecule has 1 N–H and O–H groups in total. The van der Waals surface area contributed by atoms with E-state index in [1.54, 1.807) is 0 Å². The van der Waals surface area contributed by atoms with Gasteiger partial charge in [0.05, 0.1) is 0 Å². The van der Waals surface area contributed by atoms with Crippen molar-refractivity contribution < 1.29 is 14.3 Å². The Labute approximate surface area is 118 Å². The Morgan fingerprint density at radius 3 is 2.45 bits per heavy atom. The Hall–Kier alpha value is -2.49. The van der Waals surface area contributed by atoms with Gasteiger partial charge in [-0.15, -0.1) is 0 Å². The highest BCUT2D eigenvalue weighted by Gasteiger charge is 2.04. The molecule has 0 radical (unpaired) electrons. The van der Waals surface area contributed by atoms with E-state index in [9.17, 15) is 4.79 Å². The standard InChI is InChI=1S/C16H17NO3/c1-13-7-5-6-10-15(13)17-16(18)20-12-11-19-14-8-3-2-4-9-14/h2-10H,11-12H2,1H3,(H,17,18). The Kier molecular flexibility index (Phi) is 5.00. The van der Waals surface area contributed by atoms with Crippen molar-refractivity contribution in [2.75, 3.05) is 18.5 Å². The molecule has 0 saturated heterocycles. The molecule has 2 aromatic carbocycles. The largest absolute Gasteiger partial charge is 0.490 e. The summed E-state index contributed by atoms with van der Waals surface area (Å²) in [5, 5.41) is 2.69. The second-order valence-electron chi connectivity index (χ2n) is 4.24. The van der Waals surface area contributed by atoms with Crippen molar-refractivity contribution in [1.29, 1.82) is 0 Å². The molecule has 0 aliphatic rings. The molecule has 0 saturated carbocycles. The van der Waals surface area contributed by atoms with Gasteiger partial charge >= 0.3 is 6.09 Å². The zero-order chi connectivity index (χ0) is 14.2. The van der Waals surface area contributed by atoms with E-state index in [0.717, 1.165) is 17.0 Å². The molecule has 0 unspecified atom stereocenters. The third-order valence-electron chi connectivity index (χ3n) is 2.71. The van der Waals surface area contributed by atoms with Gasteiger partial charge in [0.2, 0.25) is 0 Å². The van der Waals surface area contributed by atoms with E-state index in [4.69, 9.17) is 9.47 Å². The van der Waals surface area contributed by atoms with Crippen LogP contribution in [-0.4, -0.2) is 19.3 Å². The predicted octanol–water partition coefficient (Wildman–Crippen LogP) is 3.62. The number of hydrogen-bond acceptors (Lipinski definition) is 3. The van der Waals surface area contributed by atoms with Gasteiger partial charge in [-0.25, -0.2) is 4.79 Å². The number of para-hydroxylation sites is 2. The maximum atomic E-state index is 11.6. The molecule has 0 fully saturated rings. The van der Waals surface area contributed by atoms with Gasteiger partial charge in [0, 0.05) is 5.69 Å². The van der Waals surface area contributed by atoms with Crippen molar-refractivity contribution in [2.24, 2.45) is 0 Å². The summed E-state index contributed by atoms with van der Waals surface area (Å²) in [4.78, 5) is 11.6. The van der Waals surface area contributed by atoms with Crippen LogP contribution in [0.15, 0.2) is 54.6 Å². The average Bonchev–Trinajstić information content (AvgIpc) is 2.47. The van der Waals surface area contributed by atoms with E-state index in [-0.39, 0.29) is 6.61 Å². The molecule has 0 spiro atoms. The maximum Gasteiger partial charge on any atom is 0.411 e.